The Labute approximate surface area is 179 Å². The van der Waals surface area contributed by atoms with Crippen molar-refractivity contribution in [3.63, 3.8) is 0 Å². The Hall–Kier alpha value is -2.93. The van der Waals surface area contributed by atoms with Crippen molar-refractivity contribution in [3.8, 4) is 10.8 Å². The molecule has 0 spiro atoms. The van der Waals surface area contributed by atoms with Gasteiger partial charge in [-0.2, -0.15) is 0 Å². The molecule has 1 aromatic carbocycles. The molecule has 6 nitrogen and oxygen atoms in total. The summed E-state index contributed by atoms with van der Waals surface area (Å²) in [5, 5.41) is 0.755. The molecule has 1 atom stereocenters. The highest BCUT2D eigenvalue weighted by Crippen LogP contribution is 2.32. The zero-order chi connectivity index (χ0) is 20.8. The second kappa shape index (κ2) is 7.40. The summed E-state index contributed by atoms with van der Waals surface area (Å²) in [6.45, 7) is 7.32. The molecule has 1 fully saturated rings. The van der Waals surface area contributed by atoms with Crippen molar-refractivity contribution in [2.24, 2.45) is 0 Å². The zero-order valence-corrected chi connectivity index (χ0v) is 18.2. The van der Waals surface area contributed by atoms with Crippen LogP contribution in [0, 0.1) is 20.8 Å². The van der Waals surface area contributed by atoms with Crippen LogP contribution in [0.5, 0.6) is 0 Å². The third kappa shape index (κ3) is 3.43. The Balaban J connectivity index is 1.38. The van der Waals surface area contributed by atoms with Crippen molar-refractivity contribution in [2.75, 3.05) is 13.1 Å². The monoisotopic (exact) mass is 420 g/mol. The number of amides is 1. The first kappa shape index (κ1) is 19.1. The van der Waals surface area contributed by atoms with Crippen molar-refractivity contribution in [3.05, 3.63) is 58.1 Å². The first-order valence-electron chi connectivity index (χ1n) is 10.3. The molecule has 1 amide bonds. The van der Waals surface area contributed by atoms with Gasteiger partial charge in [0, 0.05) is 19.0 Å². The van der Waals surface area contributed by atoms with Crippen molar-refractivity contribution < 1.29 is 9.21 Å². The normalized spacial score (nSPS) is 17.0. The van der Waals surface area contributed by atoms with Gasteiger partial charge in [-0.15, -0.1) is 11.3 Å². The Morgan fingerprint density at radius 2 is 2.07 bits per heavy atom. The van der Waals surface area contributed by atoms with E-state index in [4.69, 9.17) is 9.40 Å². The molecule has 1 saturated heterocycles. The van der Waals surface area contributed by atoms with Gasteiger partial charge in [0.05, 0.1) is 16.7 Å². The van der Waals surface area contributed by atoms with E-state index in [9.17, 15) is 4.79 Å². The minimum absolute atomic E-state index is 0.0520. The maximum atomic E-state index is 13.3. The Bertz CT molecular complexity index is 1240. The van der Waals surface area contributed by atoms with Gasteiger partial charge in [-0.25, -0.2) is 9.97 Å². The van der Waals surface area contributed by atoms with Gasteiger partial charge < -0.3 is 14.3 Å². The number of thiazole rings is 1. The maximum Gasteiger partial charge on any atom is 0.265 e. The largest absolute Gasteiger partial charge is 0.459 e. The second-order valence-electron chi connectivity index (χ2n) is 8.08. The maximum absolute atomic E-state index is 13.3. The van der Waals surface area contributed by atoms with Gasteiger partial charge >= 0.3 is 0 Å². The van der Waals surface area contributed by atoms with E-state index >= 15 is 0 Å². The van der Waals surface area contributed by atoms with Crippen LogP contribution in [0.25, 0.3) is 21.8 Å². The predicted octanol–water partition coefficient (Wildman–Crippen LogP) is 5.22. The Kier molecular flexibility index (Phi) is 4.70. The van der Waals surface area contributed by atoms with Crippen molar-refractivity contribution in [1.29, 1.82) is 0 Å². The Morgan fingerprint density at radius 1 is 1.20 bits per heavy atom. The van der Waals surface area contributed by atoms with Crippen LogP contribution >= 0.6 is 11.3 Å². The van der Waals surface area contributed by atoms with E-state index in [1.165, 1.54) is 16.9 Å². The van der Waals surface area contributed by atoms with Crippen LogP contribution in [-0.2, 0) is 0 Å². The molecule has 7 heteroatoms. The zero-order valence-electron chi connectivity index (χ0n) is 17.4. The van der Waals surface area contributed by atoms with Crippen LogP contribution in [0.1, 0.15) is 51.3 Å². The number of carbonyl (C=O) groups is 1. The fourth-order valence-corrected chi connectivity index (χ4v) is 5.11. The average molecular weight is 421 g/mol. The van der Waals surface area contributed by atoms with Crippen molar-refractivity contribution in [1.82, 2.24) is 19.9 Å². The standard InChI is InChI=1S/C23H24N4O2S/c1-13-6-8-17-18(11-13)26-21(25-17)16-5-4-10-27(12-16)23(28)20-15(3)24-22(30-20)19-9-7-14(2)29-19/h6-9,11,16H,4-5,10,12H2,1-3H3,(H,25,26). The second-order valence-corrected chi connectivity index (χ2v) is 9.08. The molecule has 4 aromatic rings. The number of fused-ring (bicyclic) bond motifs is 1. The number of aromatic amines is 1. The van der Waals surface area contributed by atoms with Gasteiger partial charge in [-0.1, -0.05) is 6.07 Å². The van der Waals surface area contributed by atoms with Crippen LogP contribution in [-0.4, -0.2) is 38.8 Å². The number of aromatic nitrogens is 3. The van der Waals surface area contributed by atoms with Gasteiger partial charge in [0.15, 0.2) is 10.8 Å². The number of hydrogen-bond donors (Lipinski definition) is 1. The molecular formula is C23H24N4O2S. The molecule has 1 N–H and O–H groups in total. The van der Waals surface area contributed by atoms with E-state index in [0.717, 1.165) is 52.7 Å². The van der Waals surface area contributed by atoms with Crippen LogP contribution < -0.4 is 0 Å². The number of piperidine rings is 1. The molecule has 1 aliphatic heterocycles. The molecule has 30 heavy (non-hydrogen) atoms. The van der Waals surface area contributed by atoms with E-state index in [-0.39, 0.29) is 11.8 Å². The average Bonchev–Trinajstić information content (AvgIpc) is 3.45. The third-order valence-electron chi connectivity index (χ3n) is 5.69. The van der Waals surface area contributed by atoms with Gasteiger partial charge in [-0.05, 0) is 63.4 Å². The lowest BCUT2D eigenvalue weighted by Crippen LogP contribution is -2.39. The number of likely N-dealkylation sites (tertiary alicyclic amines) is 1. The number of benzene rings is 1. The van der Waals surface area contributed by atoms with E-state index in [1.54, 1.807) is 0 Å². The lowest BCUT2D eigenvalue weighted by Gasteiger charge is -2.31. The van der Waals surface area contributed by atoms with Crippen LogP contribution in [0.4, 0.5) is 0 Å². The van der Waals surface area contributed by atoms with Gasteiger partial charge in [0.1, 0.15) is 16.5 Å². The summed E-state index contributed by atoms with van der Waals surface area (Å²) in [5.41, 5.74) is 4.01. The quantitative estimate of drug-likeness (QED) is 0.493. The summed E-state index contributed by atoms with van der Waals surface area (Å²) in [7, 11) is 0. The number of aryl methyl sites for hydroxylation is 3. The highest BCUT2D eigenvalue weighted by molar-refractivity contribution is 7.17. The van der Waals surface area contributed by atoms with Gasteiger partial charge in [0.25, 0.3) is 5.91 Å². The molecular weight excluding hydrogens is 396 g/mol. The van der Waals surface area contributed by atoms with Gasteiger partial charge in [-0.3, -0.25) is 4.79 Å². The number of nitrogens with zero attached hydrogens (tertiary/aromatic N) is 3. The summed E-state index contributed by atoms with van der Waals surface area (Å²) in [6, 6.07) is 10.1. The summed E-state index contributed by atoms with van der Waals surface area (Å²) in [6.07, 6.45) is 2.00. The summed E-state index contributed by atoms with van der Waals surface area (Å²) in [4.78, 5) is 28.8. The summed E-state index contributed by atoms with van der Waals surface area (Å²) >= 11 is 1.41. The topological polar surface area (TPSA) is 75.0 Å². The smallest absolute Gasteiger partial charge is 0.265 e. The van der Waals surface area contributed by atoms with E-state index in [1.807, 2.05) is 30.9 Å². The molecule has 0 radical (unpaired) electrons. The van der Waals surface area contributed by atoms with Crippen molar-refractivity contribution in [2.45, 2.75) is 39.5 Å². The number of rotatable bonds is 3. The van der Waals surface area contributed by atoms with Crippen LogP contribution in [0.3, 0.4) is 0 Å². The first-order valence-corrected chi connectivity index (χ1v) is 11.1. The SMILES string of the molecule is Cc1ccc2nc(C3CCCN(C(=O)c4sc(-c5ccc(C)o5)nc4C)C3)[nH]c2c1. The number of hydrogen-bond acceptors (Lipinski definition) is 5. The summed E-state index contributed by atoms with van der Waals surface area (Å²) < 4.78 is 5.69. The number of carbonyl (C=O) groups excluding carboxylic acids is 1. The molecule has 0 bridgehead atoms. The fourth-order valence-electron chi connectivity index (χ4n) is 4.11. The van der Waals surface area contributed by atoms with E-state index in [0.29, 0.717) is 17.2 Å². The molecule has 1 unspecified atom stereocenters. The molecule has 0 saturated carbocycles. The highest BCUT2D eigenvalue weighted by atomic mass is 32.1. The lowest BCUT2D eigenvalue weighted by molar-refractivity contribution is 0.0709. The summed E-state index contributed by atoms with van der Waals surface area (Å²) in [5.74, 6) is 2.80. The Morgan fingerprint density at radius 3 is 2.87 bits per heavy atom. The lowest BCUT2D eigenvalue weighted by atomic mass is 9.97. The molecule has 3 aromatic heterocycles. The van der Waals surface area contributed by atoms with Gasteiger partial charge in [0.2, 0.25) is 0 Å². The minimum atomic E-state index is 0.0520. The molecule has 4 heterocycles. The predicted molar refractivity (Wildman–Crippen MR) is 118 cm³/mol. The van der Waals surface area contributed by atoms with Crippen LogP contribution in [0.15, 0.2) is 34.7 Å². The fraction of sp³-hybridized carbons (Fsp3) is 0.348. The highest BCUT2D eigenvalue weighted by Gasteiger charge is 2.29. The molecule has 154 valence electrons. The molecule has 0 aliphatic carbocycles. The molecule has 1 aliphatic rings. The van der Waals surface area contributed by atoms with Crippen LogP contribution in [0.2, 0.25) is 0 Å². The number of H-pyrrole nitrogens is 1. The number of nitrogens with one attached hydrogen (secondary N) is 1. The minimum Gasteiger partial charge on any atom is -0.459 e. The number of furan rings is 1. The van der Waals surface area contributed by atoms with E-state index in [2.05, 4.69) is 35.1 Å². The van der Waals surface area contributed by atoms with E-state index < -0.39 is 0 Å². The number of imidazole rings is 1. The van der Waals surface area contributed by atoms with Crippen molar-refractivity contribution >= 4 is 28.3 Å². The first-order chi connectivity index (χ1) is 14.5. The molecule has 5 rings (SSSR count). The third-order valence-corrected chi connectivity index (χ3v) is 6.85.